The maximum atomic E-state index is 3.47. The van der Waals surface area contributed by atoms with E-state index in [1.807, 2.05) is 12.2 Å². The second-order valence-electron chi connectivity index (χ2n) is 1.37. The number of allylic oxidation sites excluding steroid dienone is 5. The van der Waals surface area contributed by atoms with Gasteiger partial charge in [-0.15, -0.1) is 6.08 Å². The molecule has 0 heteroatoms. The molecule has 0 heterocycles. The van der Waals surface area contributed by atoms with Crippen molar-refractivity contribution in [2.75, 3.05) is 0 Å². The third kappa shape index (κ3) is 0.760. The third-order valence-electron chi connectivity index (χ3n) is 0.885. The summed E-state index contributed by atoms with van der Waals surface area (Å²) in [6.07, 6.45) is 10.7. The predicted molar refractivity (Wildman–Crippen MR) is 29.4 cm³/mol. The summed E-state index contributed by atoms with van der Waals surface area (Å²) in [4.78, 5) is 0. The smallest absolute Gasteiger partial charge is 0.0193 e. The zero-order valence-electron chi connectivity index (χ0n) is 4.07. The molecule has 1 rings (SSSR count). The predicted octanol–water partition coefficient (Wildman–Crippen LogP) is 1.67. The lowest BCUT2D eigenvalue weighted by Gasteiger charge is -1.75. The molecule has 0 spiro atoms. The maximum absolute atomic E-state index is 3.47. The molecule has 1 aliphatic carbocycles. The van der Waals surface area contributed by atoms with Crippen molar-refractivity contribution in [3.8, 4) is 0 Å². The van der Waals surface area contributed by atoms with E-state index in [0.717, 1.165) is 12.0 Å². The van der Waals surface area contributed by atoms with E-state index in [9.17, 15) is 0 Å². The van der Waals surface area contributed by atoms with Crippen LogP contribution in [0, 0.1) is 12.2 Å². The monoisotopic (exact) mass is 90.0 g/mol. The van der Waals surface area contributed by atoms with Gasteiger partial charge in [-0.05, 0) is 12.5 Å². The van der Waals surface area contributed by atoms with Crippen LogP contribution in [-0.4, -0.2) is 0 Å². The lowest BCUT2D eigenvalue weighted by Crippen LogP contribution is -1.59. The highest BCUT2D eigenvalue weighted by Crippen LogP contribution is 2.05. The summed E-state index contributed by atoms with van der Waals surface area (Å²) in [5, 5.41) is 0. The van der Waals surface area contributed by atoms with Crippen molar-refractivity contribution in [3.63, 3.8) is 0 Å². The van der Waals surface area contributed by atoms with Crippen molar-refractivity contribution in [3.05, 3.63) is 36.5 Å². The van der Waals surface area contributed by atoms with Crippen molar-refractivity contribution < 1.29 is 0 Å². The van der Waals surface area contributed by atoms with Crippen LogP contribution in [-0.2, 0) is 0 Å². The quantitative estimate of drug-likeness (QED) is 0.429. The van der Waals surface area contributed by atoms with Gasteiger partial charge in [-0.3, -0.25) is 0 Å². The van der Waals surface area contributed by atoms with Gasteiger partial charge in [0.2, 0.25) is 0 Å². The zero-order chi connectivity index (χ0) is 5.11. The molecule has 0 aromatic carbocycles. The minimum absolute atomic E-state index is 0.928. The molecule has 0 atom stereocenters. The third-order valence-corrected chi connectivity index (χ3v) is 0.885. The van der Waals surface area contributed by atoms with Gasteiger partial charge in [0.1, 0.15) is 0 Å². The SMILES string of the molecule is C=[C+]C1=[C-]CC=C1. The van der Waals surface area contributed by atoms with E-state index in [1.54, 1.807) is 0 Å². The van der Waals surface area contributed by atoms with Crippen molar-refractivity contribution in [2.24, 2.45) is 0 Å². The zero-order valence-corrected chi connectivity index (χ0v) is 4.07. The first-order chi connectivity index (χ1) is 3.43. The van der Waals surface area contributed by atoms with Gasteiger partial charge in [-0.2, -0.15) is 0 Å². The van der Waals surface area contributed by atoms with Gasteiger partial charge < -0.3 is 0 Å². The molecule has 0 unspecified atom stereocenters. The largest absolute Gasteiger partial charge is 0.120 e. The lowest BCUT2D eigenvalue weighted by atomic mass is 10.3. The van der Waals surface area contributed by atoms with Crippen molar-refractivity contribution in [1.29, 1.82) is 0 Å². The summed E-state index contributed by atoms with van der Waals surface area (Å²) in [5.74, 6) is 0. The molecule has 0 N–H and O–H groups in total. The van der Waals surface area contributed by atoms with Crippen LogP contribution in [0.25, 0.3) is 0 Å². The Hall–Kier alpha value is -0.870. The van der Waals surface area contributed by atoms with Crippen LogP contribution in [0.4, 0.5) is 0 Å². The molecular formula is C7H6. The summed E-state index contributed by atoms with van der Waals surface area (Å²) < 4.78 is 0. The molecule has 0 aliphatic heterocycles. The molecule has 0 bridgehead atoms. The molecular weight excluding hydrogens is 84.1 g/mol. The highest BCUT2D eigenvalue weighted by molar-refractivity contribution is 5.27. The van der Waals surface area contributed by atoms with Crippen LogP contribution in [0.5, 0.6) is 0 Å². The summed E-state index contributed by atoms with van der Waals surface area (Å²) in [6, 6.07) is 0. The van der Waals surface area contributed by atoms with E-state index >= 15 is 0 Å². The van der Waals surface area contributed by atoms with Crippen molar-refractivity contribution in [1.82, 2.24) is 0 Å². The Balaban J connectivity index is 2.69. The standard InChI is InChI=1S/C7H6/c1-2-7-5-3-4-6-7/h3,5H,1,4H2. The number of hydrogen-bond donors (Lipinski definition) is 0. The topological polar surface area (TPSA) is 0 Å². The fourth-order valence-electron chi connectivity index (χ4n) is 0.526. The van der Waals surface area contributed by atoms with Gasteiger partial charge in [-0.25, -0.2) is 0 Å². The lowest BCUT2D eigenvalue weighted by molar-refractivity contribution is 1.38. The van der Waals surface area contributed by atoms with Gasteiger partial charge in [0, 0.05) is 5.57 Å². The van der Waals surface area contributed by atoms with Crippen molar-refractivity contribution >= 4 is 0 Å². The van der Waals surface area contributed by atoms with E-state index in [-0.39, 0.29) is 0 Å². The molecule has 1 aliphatic rings. The number of hydrogen-bond acceptors (Lipinski definition) is 0. The van der Waals surface area contributed by atoms with Crippen LogP contribution < -0.4 is 0 Å². The highest BCUT2D eigenvalue weighted by Gasteiger charge is 1.89. The Morgan fingerprint density at radius 1 is 1.86 bits per heavy atom. The van der Waals surface area contributed by atoms with E-state index < -0.39 is 0 Å². The first-order valence-electron chi connectivity index (χ1n) is 2.24. The Morgan fingerprint density at radius 3 is 3.00 bits per heavy atom. The molecule has 34 valence electrons. The molecule has 0 fully saturated rings. The average molecular weight is 90.1 g/mol. The van der Waals surface area contributed by atoms with Crippen LogP contribution >= 0.6 is 0 Å². The van der Waals surface area contributed by atoms with Gasteiger partial charge >= 0.3 is 0 Å². The van der Waals surface area contributed by atoms with Crippen LogP contribution in [0.3, 0.4) is 0 Å². The van der Waals surface area contributed by atoms with E-state index in [1.165, 1.54) is 0 Å². The molecule has 0 nitrogen and oxygen atoms in total. The minimum atomic E-state index is 0.928. The Morgan fingerprint density at radius 2 is 2.71 bits per heavy atom. The molecule has 0 aromatic heterocycles. The first-order valence-corrected chi connectivity index (χ1v) is 2.24. The van der Waals surface area contributed by atoms with Crippen molar-refractivity contribution in [2.45, 2.75) is 6.42 Å². The van der Waals surface area contributed by atoms with E-state index in [4.69, 9.17) is 0 Å². The van der Waals surface area contributed by atoms with Crippen LogP contribution in [0.2, 0.25) is 0 Å². The molecule has 0 saturated heterocycles. The summed E-state index contributed by atoms with van der Waals surface area (Å²) in [6.45, 7) is 3.47. The average Bonchev–Trinajstić information content (AvgIpc) is 2.14. The normalized spacial score (nSPS) is 16.3. The minimum Gasteiger partial charge on any atom is -0.120 e. The van der Waals surface area contributed by atoms with Crippen LogP contribution in [0.15, 0.2) is 24.3 Å². The highest BCUT2D eigenvalue weighted by atomic mass is 13.9. The summed E-state index contributed by atoms with van der Waals surface area (Å²) >= 11 is 0. The second kappa shape index (κ2) is 1.72. The fourth-order valence-corrected chi connectivity index (χ4v) is 0.526. The Labute approximate surface area is 43.9 Å². The first kappa shape index (κ1) is 4.29. The van der Waals surface area contributed by atoms with E-state index in [0.29, 0.717) is 0 Å². The van der Waals surface area contributed by atoms with Gasteiger partial charge in [0.15, 0.2) is 0 Å². The maximum Gasteiger partial charge on any atom is 0.0193 e. The molecule has 0 radical (unpaired) electrons. The van der Waals surface area contributed by atoms with Crippen LogP contribution in [0.1, 0.15) is 6.42 Å². The van der Waals surface area contributed by atoms with E-state index in [2.05, 4.69) is 18.7 Å². The molecule has 0 saturated carbocycles. The molecule has 0 amide bonds. The summed E-state index contributed by atoms with van der Waals surface area (Å²) in [5.41, 5.74) is 1.00. The fraction of sp³-hybridized carbons (Fsp3) is 0.143. The van der Waals surface area contributed by atoms with Gasteiger partial charge in [0.05, 0.1) is 0 Å². The molecule has 0 aromatic rings. The Kier molecular flexibility index (Phi) is 1.06. The molecule has 7 heavy (non-hydrogen) atoms. The van der Waals surface area contributed by atoms with Gasteiger partial charge in [0.25, 0.3) is 0 Å². The number of rotatable bonds is 1. The summed E-state index contributed by atoms with van der Waals surface area (Å²) in [7, 11) is 0. The second-order valence-corrected chi connectivity index (χ2v) is 1.37. The Bertz CT molecular complexity index is 127. The van der Waals surface area contributed by atoms with Gasteiger partial charge in [-0.1, -0.05) is 18.7 Å².